The number of carbonyl (C=O) groups excluding carboxylic acids is 1. The molecule has 3 N–H and O–H groups in total. The molecule has 1 heterocycles. The number of hydrogen-bond acceptors (Lipinski definition) is 3. The fourth-order valence-corrected chi connectivity index (χ4v) is 3.19. The molecule has 1 aliphatic carbocycles. The van der Waals surface area contributed by atoms with Gasteiger partial charge in [-0.2, -0.15) is 0 Å². The Kier molecular flexibility index (Phi) is 5.03. The molecule has 0 aliphatic heterocycles. The molecule has 2 aromatic rings. The summed E-state index contributed by atoms with van der Waals surface area (Å²) < 4.78 is 0. The topological polar surface area (TPSA) is 68.0 Å². The smallest absolute Gasteiger partial charge is 0.220 e. The van der Waals surface area contributed by atoms with Crippen molar-refractivity contribution in [3.05, 3.63) is 54.4 Å². The van der Waals surface area contributed by atoms with Crippen molar-refractivity contribution >= 4 is 5.91 Å². The molecule has 1 fully saturated rings. The minimum Gasteiger partial charge on any atom is -0.352 e. The lowest BCUT2D eigenvalue weighted by Gasteiger charge is -2.14. The predicted molar refractivity (Wildman–Crippen MR) is 91.5 cm³/mol. The second-order valence-corrected chi connectivity index (χ2v) is 6.27. The Labute approximate surface area is 137 Å². The van der Waals surface area contributed by atoms with Crippen LogP contribution in [0.2, 0.25) is 0 Å². The third kappa shape index (κ3) is 4.17. The summed E-state index contributed by atoms with van der Waals surface area (Å²) >= 11 is 0. The lowest BCUT2D eigenvalue weighted by Crippen LogP contribution is -2.31. The maximum Gasteiger partial charge on any atom is 0.220 e. The van der Waals surface area contributed by atoms with Crippen LogP contribution in [0.25, 0.3) is 11.1 Å². The van der Waals surface area contributed by atoms with Crippen LogP contribution in [0, 0.1) is 5.92 Å². The van der Waals surface area contributed by atoms with Crippen LogP contribution in [0.1, 0.15) is 31.2 Å². The van der Waals surface area contributed by atoms with E-state index in [-0.39, 0.29) is 11.9 Å². The summed E-state index contributed by atoms with van der Waals surface area (Å²) in [5.41, 5.74) is 9.42. The summed E-state index contributed by atoms with van der Waals surface area (Å²) in [4.78, 5) is 16.1. The van der Waals surface area contributed by atoms with Crippen molar-refractivity contribution in [1.82, 2.24) is 10.3 Å². The fraction of sp³-hybridized carbons (Fsp3) is 0.368. The van der Waals surface area contributed by atoms with Crippen molar-refractivity contribution in [2.45, 2.75) is 38.3 Å². The highest BCUT2D eigenvalue weighted by Gasteiger charge is 2.25. The Hall–Kier alpha value is -2.20. The highest BCUT2D eigenvalue weighted by atomic mass is 16.1. The highest BCUT2D eigenvalue weighted by Crippen LogP contribution is 2.26. The first kappa shape index (κ1) is 15.7. The lowest BCUT2D eigenvalue weighted by atomic mass is 10.00. The third-order valence-electron chi connectivity index (χ3n) is 4.62. The summed E-state index contributed by atoms with van der Waals surface area (Å²) in [7, 11) is 0. The molecule has 1 amide bonds. The average molecular weight is 309 g/mol. The van der Waals surface area contributed by atoms with E-state index in [0.717, 1.165) is 36.0 Å². The van der Waals surface area contributed by atoms with Gasteiger partial charge >= 0.3 is 0 Å². The summed E-state index contributed by atoms with van der Waals surface area (Å²) in [6.07, 6.45) is 7.41. The van der Waals surface area contributed by atoms with Gasteiger partial charge in [-0.1, -0.05) is 30.7 Å². The zero-order valence-electron chi connectivity index (χ0n) is 13.2. The molecule has 0 radical (unpaired) electrons. The second kappa shape index (κ2) is 7.38. The third-order valence-corrected chi connectivity index (χ3v) is 4.62. The number of carbonyl (C=O) groups is 1. The summed E-state index contributed by atoms with van der Waals surface area (Å²) in [5.74, 6) is 0.453. The van der Waals surface area contributed by atoms with Gasteiger partial charge < -0.3 is 11.1 Å². The van der Waals surface area contributed by atoms with Crippen LogP contribution in [0.15, 0.2) is 48.8 Å². The van der Waals surface area contributed by atoms with E-state index in [1.165, 1.54) is 0 Å². The molecule has 0 spiro atoms. The van der Waals surface area contributed by atoms with Gasteiger partial charge in [0.25, 0.3) is 0 Å². The Bertz CT molecular complexity index is 639. The molecular weight excluding hydrogens is 286 g/mol. The molecule has 23 heavy (non-hydrogen) atoms. The van der Waals surface area contributed by atoms with Crippen LogP contribution >= 0.6 is 0 Å². The van der Waals surface area contributed by atoms with E-state index in [9.17, 15) is 4.79 Å². The van der Waals surface area contributed by atoms with Gasteiger partial charge in [0.05, 0.1) is 0 Å². The summed E-state index contributed by atoms with van der Waals surface area (Å²) in [6.45, 7) is 0.567. The Morgan fingerprint density at radius 2 is 1.78 bits per heavy atom. The largest absolute Gasteiger partial charge is 0.352 e. The van der Waals surface area contributed by atoms with E-state index in [1.54, 1.807) is 12.4 Å². The van der Waals surface area contributed by atoms with E-state index < -0.39 is 0 Å². The average Bonchev–Trinajstić information content (AvgIpc) is 2.99. The van der Waals surface area contributed by atoms with Crippen LogP contribution in [0.3, 0.4) is 0 Å². The van der Waals surface area contributed by atoms with E-state index >= 15 is 0 Å². The fourth-order valence-electron chi connectivity index (χ4n) is 3.19. The van der Waals surface area contributed by atoms with Gasteiger partial charge in [0.2, 0.25) is 5.91 Å². The van der Waals surface area contributed by atoms with Crippen LogP contribution in [-0.4, -0.2) is 16.9 Å². The number of amides is 1. The first-order valence-electron chi connectivity index (χ1n) is 8.24. The van der Waals surface area contributed by atoms with E-state index in [4.69, 9.17) is 5.73 Å². The first-order chi connectivity index (χ1) is 11.2. The van der Waals surface area contributed by atoms with Crippen molar-refractivity contribution in [1.29, 1.82) is 0 Å². The summed E-state index contributed by atoms with van der Waals surface area (Å²) in [5, 5.41) is 3.00. The molecule has 2 atom stereocenters. The minimum absolute atomic E-state index is 0.102. The van der Waals surface area contributed by atoms with E-state index in [0.29, 0.717) is 18.9 Å². The quantitative estimate of drug-likeness (QED) is 0.892. The number of benzene rings is 1. The lowest BCUT2D eigenvalue weighted by molar-refractivity contribution is -0.122. The molecule has 120 valence electrons. The maximum atomic E-state index is 12.0. The first-order valence-corrected chi connectivity index (χ1v) is 8.24. The molecule has 1 saturated carbocycles. The van der Waals surface area contributed by atoms with Crippen molar-refractivity contribution in [3.63, 3.8) is 0 Å². The molecule has 0 bridgehead atoms. The van der Waals surface area contributed by atoms with Crippen LogP contribution in [0.4, 0.5) is 0 Å². The molecule has 0 saturated heterocycles. The maximum absolute atomic E-state index is 12.0. The molecular formula is C19H23N3O. The number of pyridine rings is 1. The van der Waals surface area contributed by atoms with Gasteiger partial charge in [-0.3, -0.25) is 9.78 Å². The van der Waals surface area contributed by atoms with E-state index in [1.807, 2.05) is 12.1 Å². The van der Waals surface area contributed by atoms with Gasteiger partial charge in [-0.15, -0.1) is 0 Å². The SMILES string of the molecule is N[C@@H]1CCC[C@H]1CC(=O)NCc1ccc(-c2ccncc2)cc1. The van der Waals surface area contributed by atoms with Crippen molar-refractivity contribution in [2.24, 2.45) is 11.7 Å². The number of nitrogens with one attached hydrogen (secondary N) is 1. The molecule has 1 aromatic heterocycles. The van der Waals surface area contributed by atoms with Gasteiger partial charge in [-0.05, 0) is 47.6 Å². The molecule has 1 aromatic carbocycles. The molecule has 4 nitrogen and oxygen atoms in total. The molecule has 3 rings (SSSR count). The molecule has 4 heteroatoms. The van der Waals surface area contributed by atoms with Gasteiger partial charge in [-0.25, -0.2) is 0 Å². The highest BCUT2D eigenvalue weighted by molar-refractivity contribution is 5.76. The Morgan fingerprint density at radius 3 is 2.43 bits per heavy atom. The van der Waals surface area contributed by atoms with Gasteiger partial charge in [0.1, 0.15) is 0 Å². The van der Waals surface area contributed by atoms with Crippen molar-refractivity contribution in [2.75, 3.05) is 0 Å². The van der Waals surface area contributed by atoms with Crippen LogP contribution in [-0.2, 0) is 11.3 Å². The van der Waals surface area contributed by atoms with E-state index in [2.05, 4.69) is 34.6 Å². The molecule has 1 aliphatic rings. The van der Waals surface area contributed by atoms with Crippen molar-refractivity contribution in [3.8, 4) is 11.1 Å². The van der Waals surface area contributed by atoms with Crippen LogP contribution in [0.5, 0.6) is 0 Å². The van der Waals surface area contributed by atoms with Crippen molar-refractivity contribution < 1.29 is 4.79 Å². The zero-order valence-corrected chi connectivity index (χ0v) is 13.2. The van der Waals surface area contributed by atoms with Crippen LogP contribution < -0.4 is 11.1 Å². The minimum atomic E-state index is 0.102. The van der Waals surface area contributed by atoms with Gasteiger partial charge in [0.15, 0.2) is 0 Å². The standard InChI is InChI=1S/C19H23N3O/c20-18-3-1-2-17(18)12-19(23)22-13-14-4-6-15(7-5-14)16-8-10-21-11-9-16/h4-11,17-18H,1-3,12-13,20H2,(H,22,23)/t17-,18+/m0/s1. The number of aromatic nitrogens is 1. The van der Waals surface area contributed by atoms with Gasteiger partial charge in [0, 0.05) is 31.4 Å². The Morgan fingerprint density at radius 1 is 1.09 bits per heavy atom. The normalized spacial score (nSPS) is 20.4. The molecule has 0 unspecified atom stereocenters. The number of rotatable bonds is 5. The predicted octanol–water partition coefficient (Wildman–Crippen LogP) is 2.88. The monoisotopic (exact) mass is 309 g/mol. The summed E-state index contributed by atoms with van der Waals surface area (Å²) in [6, 6.07) is 12.4. The zero-order chi connectivity index (χ0) is 16.1. The number of hydrogen-bond donors (Lipinski definition) is 2. The second-order valence-electron chi connectivity index (χ2n) is 6.27. The Balaban J connectivity index is 1.51. The number of nitrogens with two attached hydrogens (primary N) is 1. The number of nitrogens with zero attached hydrogens (tertiary/aromatic N) is 1.